The summed E-state index contributed by atoms with van der Waals surface area (Å²) in [6.07, 6.45) is -6.40. The summed E-state index contributed by atoms with van der Waals surface area (Å²) in [5, 5.41) is 14.1. The molecule has 176 valence electrons. The molecular formula is C25H23F3N2O3Si. The van der Waals surface area contributed by atoms with Crippen LogP contribution in [-0.2, 0) is 6.18 Å². The quantitative estimate of drug-likeness (QED) is 0.388. The molecule has 0 aliphatic carbocycles. The van der Waals surface area contributed by atoms with Crippen LogP contribution in [0.15, 0.2) is 78.9 Å². The normalized spacial score (nSPS) is 12.6. The zero-order valence-electron chi connectivity index (χ0n) is 18.8. The zero-order chi connectivity index (χ0) is 24.7. The molecule has 1 heterocycles. The molecule has 0 spiro atoms. The first-order chi connectivity index (χ1) is 15.9. The maximum absolute atomic E-state index is 13.5. The Balaban J connectivity index is 1.96. The van der Waals surface area contributed by atoms with Crippen molar-refractivity contribution in [3.8, 4) is 5.75 Å². The second-order valence-electron chi connectivity index (χ2n) is 8.98. The maximum Gasteiger partial charge on any atom is 0.435 e. The van der Waals surface area contributed by atoms with E-state index in [0.717, 1.165) is 10.4 Å². The van der Waals surface area contributed by atoms with Crippen molar-refractivity contribution in [2.45, 2.75) is 32.0 Å². The van der Waals surface area contributed by atoms with E-state index in [-0.39, 0.29) is 21.7 Å². The highest BCUT2D eigenvalue weighted by molar-refractivity contribution is 7.00. The summed E-state index contributed by atoms with van der Waals surface area (Å²) in [5.74, 6) is 0.276. The number of benzene rings is 3. The predicted octanol–water partition coefficient (Wildman–Crippen LogP) is 5.52. The Labute approximate surface area is 195 Å². The summed E-state index contributed by atoms with van der Waals surface area (Å²) < 4.78 is 47.6. The third kappa shape index (κ3) is 3.96. The Morgan fingerprint density at radius 3 is 1.88 bits per heavy atom. The van der Waals surface area contributed by atoms with Gasteiger partial charge in [-0.1, -0.05) is 81.4 Å². The predicted molar refractivity (Wildman–Crippen MR) is 126 cm³/mol. The highest BCUT2D eigenvalue weighted by Gasteiger charge is 2.52. The molecule has 0 saturated heterocycles. The van der Waals surface area contributed by atoms with E-state index in [0.29, 0.717) is 4.68 Å². The van der Waals surface area contributed by atoms with Crippen molar-refractivity contribution in [1.29, 1.82) is 0 Å². The summed E-state index contributed by atoms with van der Waals surface area (Å²) in [7, 11) is -3.05. The van der Waals surface area contributed by atoms with E-state index in [4.69, 9.17) is 4.43 Å². The first kappa shape index (κ1) is 23.6. The van der Waals surface area contributed by atoms with Gasteiger partial charge < -0.3 is 9.53 Å². The van der Waals surface area contributed by atoms with Crippen molar-refractivity contribution < 1.29 is 27.5 Å². The van der Waals surface area contributed by atoms with Gasteiger partial charge in [-0.25, -0.2) is 4.79 Å². The molecule has 3 aromatic carbocycles. The van der Waals surface area contributed by atoms with E-state index in [2.05, 4.69) is 25.9 Å². The SMILES string of the molecule is CC(C)(C)[Si](Oc1ccc2c(C(F)(F)F)nn(C(=O)O)c2c1)(c1ccccc1)c1ccccc1. The zero-order valence-corrected chi connectivity index (χ0v) is 19.8. The molecule has 0 fully saturated rings. The van der Waals surface area contributed by atoms with E-state index < -0.39 is 26.3 Å². The molecule has 0 atom stereocenters. The fourth-order valence-corrected chi connectivity index (χ4v) is 8.75. The number of hydrogen-bond donors (Lipinski definition) is 1. The Hall–Kier alpha value is -3.59. The Morgan fingerprint density at radius 2 is 1.44 bits per heavy atom. The van der Waals surface area contributed by atoms with Crippen molar-refractivity contribution in [2.75, 3.05) is 0 Å². The second-order valence-corrected chi connectivity index (χ2v) is 13.2. The van der Waals surface area contributed by atoms with Crippen LogP contribution in [0.4, 0.5) is 18.0 Å². The number of aromatic nitrogens is 2. The molecule has 0 bridgehead atoms. The number of hydrogen-bond acceptors (Lipinski definition) is 3. The number of carboxylic acid groups (broad SMARTS) is 1. The lowest BCUT2D eigenvalue weighted by Gasteiger charge is -2.43. The van der Waals surface area contributed by atoms with Gasteiger partial charge in [-0.05, 0) is 27.5 Å². The van der Waals surface area contributed by atoms with Gasteiger partial charge in [-0.15, -0.1) is 0 Å². The van der Waals surface area contributed by atoms with E-state index in [1.165, 1.54) is 18.2 Å². The summed E-state index contributed by atoms with van der Waals surface area (Å²) >= 11 is 0. The smallest absolute Gasteiger partial charge is 0.435 e. The molecule has 9 heteroatoms. The summed E-state index contributed by atoms with van der Waals surface area (Å²) in [6, 6.07) is 23.5. The summed E-state index contributed by atoms with van der Waals surface area (Å²) in [5.41, 5.74) is -1.43. The van der Waals surface area contributed by atoms with Crippen LogP contribution < -0.4 is 14.8 Å². The van der Waals surface area contributed by atoms with Crippen molar-refractivity contribution in [3.63, 3.8) is 0 Å². The third-order valence-corrected chi connectivity index (χ3v) is 10.7. The fraction of sp³-hybridized carbons (Fsp3) is 0.200. The summed E-state index contributed by atoms with van der Waals surface area (Å²) in [4.78, 5) is 11.7. The molecule has 0 aliphatic rings. The van der Waals surface area contributed by atoms with E-state index in [1.54, 1.807) is 0 Å². The molecule has 34 heavy (non-hydrogen) atoms. The Morgan fingerprint density at radius 1 is 0.912 bits per heavy atom. The lowest BCUT2D eigenvalue weighted by atomic mass is 10.2. The number of fused-ring (bicyclic) bond motifs is 1. The van der Waals surface area contributed by atoms with Crippen LogP contribution in [-0.4, -0.2) is 29.3 Å². The van der Waals surface area contributed by atoms with E-state index >= 15 is 0 Å². The molecule has 1 N–H and O–H groups in total. The molecule has 4 rings (SSSR count). The molecule has 0 amide bonds. The van der Waals surface area contributed by atoms with Crippen LogP contribution >= 0.6 is 0 Å². The van der Waals surface area contributed by atoms with E-state index in [9.17, 15) is 23.1 Å². The van der Waals surface area contributed by atoms with Gasteiger partial charge in [0.1, 0.15) is 5.75 Å². The molecule has 0 saturated carbocycles. The topological polar surface area (TPSA) is 64.4 Å². The van der Waals surface area contributed by atoms with Crippen molar-refractivity contribution >= 4 is 35.7 Å². The van der Waals surface area contributed by atoms with Crippen LogP contribution in [0, 0.1) is 0 Å². The third-order valence-electron chi connectivity index (χ3n) is 5.79. The lowest BCUT2D eigenvalue weighted by Crippen LogP contribution is -2.68. The van der Waals surface area contributed by atoms with Gasteiger partial charge in [0.25, 0.3) is 0 Å². The Kier molecular flexibility index (Phi) is 5.77. The van der Waals surface area contributed by atoms with Crippen LogP contribution in [0.3, 0.4) is 0 Å². The van der Waals surface area contributed by atoms with Crippen LogP contribution in [0.1, 0.15) is 26.5 Å². The van der Waals surface area contributed by atoms with Crippen molar-refractivity contribution in [1.82, 2.24) is 9.78 Å². The minimum absolute atomic E-state index is 0.185. The average Bonchev–Trinajstić information content (AvgIpc) is 3.17. The van der Waals surface area contributed by atoms with Crippen molar-refractivity contribution in [3.05, 3.63) is 84.6 Å². The van der Waals surface area contributed by atoms with Gasteiger partial charge in [0, 0.05) is 11.5 Å². The number of nitrogens with zero attached hydrogens (tertiary/aromatic N) is 2. The highest BCUT2D eigenvalue weighted by atomic mass is 28.4. The van der Waals surface area contributed by atoms with Gasteiger partial charge in [-0.3, -0.25) is 0 Å². The maximum atomic E-state index is 13.5. The first-order valence-electron chi connectivity index (χ1n) is 10.6. The molecule has 0 aliphatic heterocycles. The van der Waals surface area contributed by atoms with Gasteiger partial charge in [0.2, 0.25) is 0 Å². The van der Waals surface area contributed by atoms with Crippen LogP contribution in [0.5, 0.6) is 5.75 Å². The minimum Gasteiger partial charge on any atom is -0.534 e. The lowest BCUT2D eigenvalue weighted by molar-refractivity contribution is -0.140. The fourth-order valence-electron chi connectivity index (χ4n) is 4.34. The minimum atomic E-state index is -4.79. The monoisotopic (exact) mass is 484 g/mol. The molecule has 0 unspecified atom stereocenters. The van der Waals surface area contributed by atoms with Crippen LogP contribution in [0.2, 0.25) is 5.04 Å². The second kappa shape index (κ2) is 8.32. The molecular weight excluding hydrogens is 461 g/mol. The summed E-state index contributed by atoms with van der Waals surface area (Å²) in [6.45, 7) is 6.21. The number of rotatable bonds is 4. The van der Waals surface area contributed by atoms with Gasteiger partial charge in [-0.2, -0.15) is 23.0 Å². The molecule has 0 radical (unpaired) electrons. The highest BCUT2D eigenvalue weighted by Crippen LogP contribution is 2.39. The van der Waals surface area contributed by atoms with Gasteiger partial charge in [0.05, 0.1) is 5.52 Å². The number of carbonyl (C=O) groups is 1. The van der Waals surface area contributed by atoms with E-state index in [1.807, 2.05) is 60.7 Å². The first-order valence-corrected chi connectivity index (χ1v) is 12.5. The number of alkyl halides is 3. The molecule has 1 aromatic heterocycles. The van der Waals surface area contributed by atoms with Gasteiger partial charge >= 0.3 is 20.6 Å². The van der Waals surface area contributed by atoms with Crippen molar-refractivity contribution in [2.24, 2.45) is 0 Å². The molecule has 5 nitrogen and oxygen atoms in total. The Bertz CT molecular complexity index is 1290. The van der Waals surface area contributed by atoms with Gasteiger partial charge in [0.15, 0.2) is 5.69 Å². The average molecular weight is 485 g/mol. The van der Waals surface area contributed by atoms with Crippen LogP contribution in [0.25, 0.3) is 10.9 Å². The number of halogens is 3. The standard InChI is InChI=1S/C25H23F3N2O3Si/c1-24(2,3)34(18-10-6-4-7-11-18,19-12-8-5-9-13-19)33-17-14-15-20-21(16-17)30(23(31)32)29-22(20)25(26,27)28/h4-16H,1-3H3,(H,31,32). The largest absolute Gasteiger partial charge is 0.534 e. The molecule has 4 aromatic rings.